The Morgan fingerprint density at radius 1 is 1.13 bits per heavy atom. The number of phenols is 1. The minimum absolute atomic E-state index is 0.0638. The van der Waals surface area contributed by atoms with Crippen LogP contribution < -0.4 is 4.90 Å². The van der Waals surface area contributed by atoms with Crippen LogP contribution in [0.2, 0.25) is 0 Å². The molecule has 0 unspecified atom stereocenters. The third-order valence-electron chi connectivity index (χ3n) is 5.39. The van der Waals surface area contributed by atoms with Crippen molar-refractivity contribution >= 4 is 22.5 Å². The van der Waals surface area contributed by atoms with Crippen LogP contribution in [0.15, 0.2) is 36.5 Å². The van der Waals surface area contributed by atoms with Crippen LogP contribution in [0.3, 0.4) is 0 Å². The van der Waals surface area contributed by atoms with E-state index >= 15 is 0 Å². The third kappa shape index (κ3) is 3.85. The van der Waals surface area contributed by atoms with Crippen LogP contribution in [0, 0.1) is 5.82 Å². The molecule has 0 atom stereocenters. The number of phenolic OH excluding ortho intramolecular Hbond substituents is 1. The molecule has 3 aromatic rings. The van der Waals surface area contributed by atoms with E-state index in [0.29, 0.717) is 31.9 Å². The number of carbonyl (C=O) groups excluding carboxylic acids is 1. The Bertz CT molecular complexity index is 1140. The fourth-order valence-corrected chi connectivity index (χ4v) is 3.83. The lowest BCUT2D eigenvalue weighted by molar-refractivity contribution is -0.137. The van der Waals surface area contributed by atoms with Gasteiger partial charge in [-0.1, -0.05) is 6.07 Å². The minimum atomic E-state index is -4.80. The summed E-state index contributed by atoms with van der Waals surface area (Å²) in [4.78, 5) is 15.0. The van der Waals surface area contributed by atoms with Gasteiger partial charge in [0.15, 0.2) is 0 Å². The van der Waals surface area contributed by atoms with Crippen LogP contribution in [0.4, 0.5) is 23.2 Å². The largest absolute Gasteiger partial charge is 0.507 e. The van der Waals surface area contributed by atoms with Crippen LogP contribution in [0.5, 0.6) is 5.75 Å². The normalized spacial score (nSPS) is 14.9. The summed E-state index contributed by atoms with van der Waals surface area (Å²) in [7, 11) is 0. The van der Waals surface area contributed by atoms with Gasteiger partial charge in [-0.3, -0.25) is 4.79 Å². The van der Waals surface area contributed by atoms with E-state index in [9.17, 15) is 27.5 Å². The average Bonchev–Trinajstić information content (AvgIpc) is 2.72. The summed E-state index contributed by atoms with van der Waals surface area (Å²) in [5.74, 6) is -1.64. The lowest BCUT2D eigenvalue weighted by Gasteiger charge is -2.35. The molecule has 0 radical (unpaired) electrons. The highest BCUT2D eigenvalue weighted by molar-refractivity contribution is 5.95. The SMILES string of the molecule is CC(=O)N1CCN(c2cnnc3cc(-c4c(O)cccc4F)c(C(F)(F)F)cc23)CC1. The highest BCUT2D eigenvalue weighted by Gasteiger charge is 2.36. The van der Waals surface area contributed by atoms with E-state index in [2.05, 4.69) is 10.2 Å². The molecule has 0 saturated carbocycles. The van der Waals surface area contributed by atoms with Gasteiger partial charge >= 0.3 is 6.18 Å². The van der Waals surface area contributed by atoms with Crippen molar-refractivity contribution < 1.29 is 27.5 Å². The standard InChI is InChI=1S/C21H18F4N4O2/c1-12(30)28-5-7-29(8-6-28)18-11-26-27-17-10-13(15(9-14(17)18)21(23,24)25)20-16(22)3-2-4-19(20)31/h2-4,9-11,31H,5-8H2,1H3. The van der Waals surface area contributed by atoms with Crippen molar-refractivity contribution in [2.75, 3.05) is 31.1 Å². The van der Waals surface area contributed by atoms with Crippen LogP contribution in [-0.2, 0) is 11.0 Å². The van der Waals surface area contributed by atoms with Gasteiger partial charge in [0.25, 0.3) is 0 Å². The first-order chi connectivity index (χ1) is 14.7. The number of aromatic hydroxyl groups is 1. The van der Waals surface area contributed by atoms with E-state index < -0.39 is 34.4 Å². The molecule has 1 aliphatic rings. The summed E-state index contributed by atoms with van der Waals surface area (Å²) in [6.45, 7) is 3.20. The van der Waals surface area contributed by atoms with Crippen molar-refractivity contribution in [3.05, 3.63) is 47.9 Å². The zero-order valence-corrected chi connectivity index (χ0v) is 16.4. The Hall–Kier alpha value is -3.43. The fourth-order valence-electron chi connectivity index (χ4n) is 3.83. The first-order valence-electron chi connectivity index (χ1n) is 9.51. The van der Waals surface area contributed by atoms with Crippen molar-refractivity contribution in [3.8, 4) is 16.9 Å². The molecule has 1 aliphatic heterocycles. The summed E-state index contributed by atoms with van der Waals surface area (Å²) in [5.41, 5.74) is -1.56. The van der Waals surface area contributed by atoms with E-state index in [-0.39, 0.29) is 16.8 Å². The number of halogens is 4. The Morgan fingerprint density at radius 3 is 2.45 bits per heavy atom. The van der Waals surface area contributed by atoms with Gasteiger partial charge in [-0.15, -0.1) is 0 Å². The molecule has 2 aromatic carbocycles. The number of aromatic nitrogens is 2. The summed E-state index contributed by atoms with van der Waals surface area (Å²) < 4.78 is 56.2. The van der Waals surface area contributed by atoms with Gasteiger partial charge in [0.2, 0.25) is 5.91 Å². The fraction of sp³-hybridized carbons (Fsp3) is 0.286. The zero-order valence-electron chi connectivity index (χ0n) is 16.4. The summed E-state index contributed by atoms with van der Waals surface area (Å²) in [5, 5.41) is 18.1. The van der Waals surface area contributed by atoms with Crippen LogP contribution >= 0.6 is 0 Å². The zero-order chi connectivity index (χ0) is 22.3. The average molecular weight is 434 g/mol. The molecule has 1 aromatic heterocycles. The lowest BCUT2D eigenvalue weighted by Crippen LogP contribution is -2.48. The van der Waals surface area contributed by atoms with Gasteiger partial charge in [-0.25, -0.2) is 4.39 Å². The molecule has 1 fully saturated rings. The molecular weight excluding hydrogens is 416 g/mol. The Kier molecular flexibility index (Phi) is 5.16. The van der Waals surface area contributed by atoms with Gasteiger partial charge in [0.1, 0.15) is 11.6 Å². The maximum absolute atomic E-state index is 14.4. The molecule has 162 valence electrons. The van der Waals surface area contributed by atoms with E-state index in [1.165, 1.54) is 19.2 Å². The maximum Gasteiger partial charge on any atom is 0.417 e. The van der Waals surface area contributed by atoms with E-state index in [1.807, 2.05) is 4.90 Å². The number of carbonyl (C=O) groups is 1. The molecule has 1 N–H and O–H groups in total. The number of amides is 1. The number of hydrogen-bond acceptors (Lipinski definition) is 5. The van der Waals surface area contributed by atoms with Crippen molar-refractivity contribution in [2.45, 2.75) is 13.1 Å². The Labute approximate surface area is 174 Å². The topological polar surface area (TPSA) is 69.6 Å². The van der Waals surface area contributed by atoms with Crippen molar-refractivity contribution in [1.29, 1.82) is 0 Å². The number of benzene rings is 2. The first-order valence-corrected chi connectivity index (χ1v) is 9.51. The minimum Gasteiger partial charge on any atom is -0.507 e. The molecule has 1 saturated heterocycles. The second-order valence-corrected chi connectivity index (χ2v) is 7.27. The van der Waals surface area contributed by atoms with Crippen LogP contribution in [0.1, 0.15) is 12.5 Å². The van der Waals surface area contributed by atoms with E-state index in [0.717, 1.165) is 24.3 Å². The maximum atomic E-state index is 14.4. The Balaban J connectivity index is 1.87. The number of rotatable bonds is 2. The number of fused-ring (bicyclic) bond motifs is 1. The predicted octanol–water partition coefficient (Wildman–Crippen LogP) is 3.83. The van der Waals surface area contributed by atoms with Gasteiger partial charge in [0.05, 0.1) is 28.5 Å². The number of alkyl halides is 3. The quantitative estimate of drug-likeness (QED) is 0.621. The highest BCUT2D eigenvalue weighted by Crippen LogP contribution is 2.44. The molecule has 10 heteroatoms. The molecule has 4 rings (SSSR count). The van der Waals surface area contributed by atoms with Gasteiger partial charge in [-0.05, 0) is 24.3 Å². The molecule has 2 heterocycles. The van der Waals surface area contributed by atoms with Crippen molar-refractivity contribution in [2.24, 2.45) is 0 Å². The van der Waals surface area contributed by atoms with E-state index in [1.54, 1.807) is 4.90 Å². The molecule has 31 heavy (non-hydrogen) atoms. The summed E-state index contributed by atoms with van der Waals surface area (Å²) >= 11 is 0. The third-order valence-corrected chi connectivity index (χ3v) is 5.39. The van der Waals surface area contributed by atoms with Crippen LogP contribution in [-0.4, -0.2) is 52.3 Å². The number of nitrogens with zero attached hydrogens (tertiary/aromatic N) is 4. The van der Waals surface area contributed by atoms with Gasteiger partial charge in [0, 0.05) is 44.1 Å². The highest BCUT2D eigenvalue weighted by atomic mass is 19.4. The van der Waals surface area contributed by atoms with Gasteiger partial charge < -0.3 is 14.9 Å². The molecule has 1 amide bonds. The molecule has 0 aliphatic carbocycles. The Morgan fingerprint density at radius 2 is 1.84 bits per heavy atom. The lowest BCUT2D eigenvalue weighted by atomic mass is 9.95. The second-order valence-electron chi connectivity index (χ2n) is 7.27. The monoisotopic (exact) mass is 434 g/mol. The number of piperazine rings is 1. The van der Waals surface area contributed by atoms with Crippen molar-refractivity contribution in [1.82, 2.24) is 15.1 Å². The smallest absolute Gasteiger partial charge is 0.417 e. The van der Waals surface area contributed by atoms with Crippen LogP contribution in [0.25, 0.3) is 22.0 Å². The first kappa shape index (κ1) is 20.8. The predicted molar refractivity (Wildman–Crippen MR) is 106 cm³/mol. The number of anilines is 1. The molecule has 0 spiro atoms. The van der Waals surface area contributed by atoms with Gasteiger partial charge in [-0.2, -0.15) is 23.4 Å². The molecular formula is C21H18F4N4O2. The summed E-state index contributed by atoms with van der Waals surface area (Å²) in [6, 6.07) is 5.33. The van der Waals surface area contributed by atoms with Crippen molar-refractivity contribution in [3.63, 3.8) is 0 Å². The molecule has 6 nitrogen and oxygen atoms in total. The van der Waals surface area contributed by atoms with E-state index in [4.69, 9.17) is 0 Å². The second kappa shape index (κ2) is 7.68. The number of hydrogen-bond donors (Lipinski definition) is 1. The molecule has 0 bridgehead atoms. The summed E-state index contributed by atoms with van der Waals surface area (Å²) in [6.07, 6.45) is -3.42.